The van der Waals surface area contributed by atoms with E-state index in [4.69, 9.17) is 4.74 Å². The van der Waals surface area contributed by atoms with Crippen LogP contribution in [0.1, 0.15) is 10.4 Å². The number of hydrogen-bond acceptors (Lipinski definition) is 7. The average molecular weight is 428 g/mol. The van der Waals surface area contributed by atoms with Gasteiger partial charge in [-0.15, -0.1) is 0 Å². The van der Waals surface area contributed by atoms with Crippen molar-refractivity contribution >= 4 is 21.6 Å². The molecule has 0 aliphatic rings. The van der Waals surface area contributed by atoms with Crippen LogP contribution in [0.15, 0.2) is 65.8 Å². The molecule has 1 amide bonds. The Kier molecular flexibility index (Phi) is 6.72. The Bertz CT molecular complexity index is 1130. The number of aromatic nitrogens is 2. The van der Waals surface area contributed by atoms with Gasteiger partial charge in [0, 0.05) is 24.8 Å². The minimum atomic E-state index is -3.76. The van der Waals surface area contributed by atoms with Gasteiger partial charge < -0.3 is 15.2 Å². The van der Waals surface area contributed by atoms with E-state index in [1.807, 2.05) is 0 Å². The minimum absolute atomic E-state index is 0.0262. The highest BCUT2D eigenvalue weighted by Gasteiger charge is 2.16. The molecular formula is C20H20N4O5S. The Labute approximate surface area is 173 Å². The largest absolute Gasteiger partial charge is 0.508 e. The molecule has 9 nitrogen and oxygen atoms in total. The van der Waals surface area contributed by atoms with Crippen LogP contribution in [0.3, 0.4) is 0 Å². The summed E-state index contributed by atoms with van der Waals surface area (Å²) in [6, 6.07) is 12.2. The zero-order chi connectivity index (χ0) is 21.6. The molecule has 30 heavy (non-hydrogen) atoms. The van der Waals surface area contributed by atoms with Crippen molar-refractivity contribution < 1.29 is 23.1 Å². The number of nitrogens with one attached hydrogen (secondary N) is 2. The van der Waals surface area contributed by atoms with Crippen LogP contribution in [0.5, 0.6) is 5.75 Å². The summed E-state index contributed by atoms with van der Waals surface area (Å²) in [6.45, 7) is 0.357. The molecule has 0 saturated heterocycles. The fourth-order valence-electron chi connectivity index (χ4n) is 2.56. The van der Waals surface area contributed by atoms with E-state index in [1.165, 1.54) is 49.8 Å². The lowest BCUT2D eigenvalue weighted by Gasteiger charge is -2.09. The van der Waals surface area contributed by atoms with Crippen molar-refractivity contribution in [3.63, 3.8) is 0 Å². The molecule has 0 radical (unpaired) electrons. The standard InChI is InChI=1S/C20H20N4O5S/c1-29-9-8-23-30(27,28)18-7-3-5-15(11-18)20(26)24-16-12-21-19(22-13-16)14-4-2-6-17(25)10-14/h2-7,10-13,23,25H,8-9H2,1H3,(H,24,26). The summed E-state index contributed by atoms with van der Waals surface area (Å²) in [4.78, 5) is 20.9. The molecule has 2 aromatic carbocycles. The van der Waals surface area contributed by atoms with E-state index in [0.717, 1.165) is 0 Å². The normalized spacial score (nSPS) is 11.2. The summed E-state index contributed by atoms with van der Waals surface area (Å²) in [5, 5.41) is 12.2. The van der Waals surface area contributed by atoms with E-state index < -0.39 is 15.9 Å². The molecule has 3 aromatic rings. The smallest absolute Gasteiger partial charge is 0.255 e. The number of amides is 1. The van der Waals surface area contributed by atoms with E-state index in [1.54, 1.807) is 18.2 Å². The summed E-state index contributed by atoms with van der Waals surface area (Å²) in [5.41, 5.74) is 1.14. The van der Waals surface area contributed by atoms with Gasteiger partial charge in [0.25, 0.3) is 5.91 Å². The zero-order valence-electron chi connectivity index (χ0n) is 16.1. The highest BCUT2D eigenvalue weighted by Crippen LogP contribution is 2.20. The third-order valence-electron chi connectivity index (χ3n) is 4.02. The second kappa shape index (κ2) is 9.44. The third-order valence-corrected chi connectivity index (χ3v) is 5.48. The predicted octanol–water partition coefficient (Wildman–Crippen LogP) is 2.03. The predicted molar refractivity (Wildman–Crippen MR) is 111 cm³/mol. The van der Waals surface area contributed by atoms with Crippen LogP contribution in [0.25, 0.3) is 11.4 Å². The second-order valence-corrected chi connectivity index (χ2v) is 7.99. The fourth-order valence-corrected chi connectivity index (χ4v) is 3.61. The van der Waals surface area contributed by atoms with Crippen molar-refractivity contribution in [2.45, 2.75) is 4.90 Å². The summed E-state index contributed by atoms with van der Waals surface area (Å²) >= 11 is 0. The van der Waals surface area contributed by atoms with Crippen molar-refractivity contribution in [1.29, 1.82) is 0 Å². The number of ether oxygens (including phenoxy) is 1. The van der Waals surface area contributed by atoms with Crippen LogP contribution in [0, 0.1) is 0 Å². The van der Waals surface area contributed by atoms with Crippen molar-refractivity contribution in [3.8, 4) is 17.1 Å². The zero-order valence-corrected chi connectivity index (χ0v) is 16.9. The number of aromatic hydroxyl groups is 1. The average Bonchev–Trinajstić information content (AvgIpc) is 2.74. The Hall–Kier alpha value is -3.34. The lowest BCUT2D eigenvalue weighted by atomic mass is 10.2. The number of anilines is 1. The summed E-state index contributed by atoms with van der Waals surface area (Å²) in [5.74, 6) is -0.0169. The number of rotatable bonds is 8. The third kappa shape index (κ3) is 5.38. The van der Waals surface area contributed by atoms with Gasteiger partial charge in [-0.2, -0.15) is 0 Å². The van der Waals surface area contributed by atoms with Gasteiger partial charge in [0.15, 0.2) is 5.82 Å². The van der Waals surface area contributed by atoms with E-state index in [0.29, 0.717) is 17.1 Å². The summed E-state index contributed by atoms with van der Waals surface area (Å²) in [7, 11) is -2.28. The number of sulfonamides is 1. The van der Waals surface area contributed by atoms with Crippen molar-refractivity contribution in [1.82, 2.24) is 14.7 Å². The van der Waals surface area contributed by atoms with Gasteiger partial charge in [-0.05, 0) is 30.3 Å². The van der Waals surface area contributed by atoms with Crippen LogP contribution in [-0.2, 0) is 14.8 Å². The van der Waals surface area contributed by atoms with E-state index >= 15 is 0 Å². The number of phenolic OH excluding ortho intramolecular Hbond substituents is 1. The molecule has 0 aliphatic carbocycles. The summed E-state index contributed by atoms with van der Waals surface area (Å²) in [6.07, 6.45) is 2.86. The van der Waals surface area contributed by atoms with E-state index in [-0.39, 0.29) is 29.4 Å². The number of methoxy groups -OCH3 is 1. The van der Waals surface area contributed by atoms with Gasteiger partial charge in [-0.25, -0.2) is 23.1 Å². The van der Waals surface area contributed by atoms with Crippen LogP contribution < -0.4 is 10.0 Å². The molecular weight excluding hydrogens is 408 g/mol. The maximum absolute atomic E-state index is 12.5. The van der Waals surface area contributed by atoms with E-state index in [2.05, 4.69) is 20.0 Å². The van der Waals surface area contributed by atoms with Gasteiger partial charge in [-0.3, -0.25) is 4.79 Å². The van der Waals surface area contributed by atoms with Crippen molar-refractivity contribution in [2.75, 3.05) is 25.6 Å². The first-order chi connectivity index (χ1) is 14.4. The Morgan fingerprint density at radius 2 is 1.83 bits per heavy atom. The molecule has 0 atom stereocenters. The summed E-state index contributed by atoms with van der Waals surface area (Å²) < 4.78 is 31.8. The molecule has 3 rings (SSSR count). The maximum atomic E-state index is 12.5. The SMILES string of the molecule is COCCNS(=O)(=O)c1cccc(C(=O)Nc2cnc(-c3cccc(O)c3)nc2)c1. The maximum Gasteiger partial charge on any atom is 0.255 e. The van der Waals surface area contributed by atoms with Crippen LogP contribution in [-0.4, -0.2) is 49.7 Å². The minimum Gasteiger partial charge on any atom is -0.508 e. The molecule has 156 valence electrons. The Balaban J connectivity index is 1.72. The van der Waals surface area contributed by atoms with Gasteiger partial charge in [0.2, 0.25) is 10.0 Å². The molecule has 0 fully saturated rings. The fraction of sp³-hybridized carbons (Fsp3) is 0.150. The number of hydrogen-bond donors (Lipinski definition) is 3. The molecule has 1 aromatic heterocycles. The number of nitrogens with zero attached hydrogens (tertiary/aromatic N) is 2. The molecule has 3 N–H and O–H groups in total. The Morgan fingerprint density at radius 3 is 2.53 bits per heavy atom. The second-order valence-electron chi connectivity index (χ2n) is 6.22. The van der Waals surface area contributed by atoms with Gasteiger partial charge in [0.05, 0.1) is 29.6 Å². The van der Waals surface area contributed by atoms with Crippen molar-refractivity contribution in [2.24, 2.45) is 0 Å². The van der Waals surface area contributed by atoms with Crippen LogP contribution in [0.2, 0.25) is 0 Å². The number of phenols is 1. The molecule has 1 heterocycles. The van der Waals surface area contributed by atoms with Gasteiger partial charge >= 0.3 is 0 Å². The highest BCUT2D eigenvalue weighted by molar-refractivity contribution is 7.89. The molecule has 0 saturated carbocycles. The van der Waals surface area contributed by atoms with Crippen LogP contribution in [0.4, 0.5) is 5.69 Å². The van der Waals surface area contributed by atoms with E-state index in [9.17, 15) is 18.3 Å². The van der Waals surface area contributed by atoms with Crippen LogP contribution >= 0.6 is 0 Å². The first-order valence-electron chi connectivity index (χ1n) is 8.90. The first kappa shape index (κ1) is 21.4. The Morgan fingerprint density at radius 1 is 1.10 bits per heavy atom. The topological polar surface area (TPSA) is 131 Å². The van der Waals surface area contributed by atoms with Gasteiger partial charge in [0.1, 0.15) is 5.75 Å². The van der Waals surface area contributed by atoms with Gasteiger partial charge in [-0.1, -0.05) is 18.2 Å². The number of benzene rings is 2. The highest BCUT2D eigenvalue weighted by atomic mass is 32.2. The monoisotopic (exact) mass is 428 g/mol. The molecule has 10 heteroatoms. The molecule has 0 aliphatic heterocycles. The lowest BCUT2D eigenvalue weighted by Crippen LogP contribution is -2.27. The number of carbonyl (C=O) groups excluding carboxylic acids is 1. The quantitative estimate of drug-likeness (QED) is 0.468. The molecule has 0 spiro atoms. The van der Waals surface area contributed by atoms with Crippen molar-refractivity contribution in [3.05, 3.63) is 66.5 Å². The first-order valence-corrected chi connectivity index (χ1v) is 10.4. The molecule has 0 unspecified atom stereocenters. The lowest BCUT2D eigenvalue weighted by molar-refractivity contribution is 0.102. The number of carbonyl (C=O) groups is 1. The molecule has 0 bridgehead atoms.